The van der Waals surface area contributed by atoms with Gasteiger partial charge in [0.25, 0.3) is 0 Å². The summed E-state index contributed by atoms with van der Waals surface area (Å²) < 4.78 is 26.1. The molecule has 1 aliphatic carbocycles. The van der Waals surface area contributed by atoms with Gasteiger partial charge in [-0.2, -0.15) is 0 Å². The van der Waals surface area contributed by atoms with Crippen molar-refractivity contribution >= 4 is 22.4 Å². The van der Waals surface area contributed by atoms with Crippen molar-refractivity contribution in [3.8, 4) is 0 Å². The molecule has 2 rings (SSSR count). The van der Waals surface area contributed by atoms with Crippen LogP contribution in [0.4, 0.5) is 18.6 Å². The van der Waals surface area contributed by atoms with Crippen molar-refractivity contribution in [2.75, 3.05) is 11.9 Å². The van der Waals surface area contributed by atoms with Gasteiger partial charge in [-0.3, -0.25) is 5.32 Å². The van der Waals surface area contributed by atoms with Crippen LogP contribution in [0.15, 0.2) is 5.51 Å². The molecule has 1 aromatic heterocycles. The van der Waals surface area contributed by atoms with Crippen LogP contribution in [-0.2, 0) is 0 Å². The van der Waals surface area contributed by atoms with Crippen LogP contribution in [-0.4, -0.2) is 23.5 Å². The van der Waals surface area contributed by atoms with Crippen LogP contribution < -0.4 is 10.6 Å². The number of alkyl halides is 2. The summed E-state index contributed by atoms with van der Waals surface area (Å²) in [6.07, 6.45) is 1.07. The van der Waals surface area contributed by atoms with E-state index in [-0.39, 0.29) is 30.7 Å². The van der Waals surface area contributed by atoms with E-state index in [0.29, 0.717) is 19.4 Å². The Hall–Kier alpha value is -1.24. The number of rotatable bonds is 5. The number of thiazole rings is 1. The van der Waals surface area contributed by atoms with Crippen LogP contribution in [0.2, 0.25) is 0 Å². The van der Waals surface area contributed by atoms with E-state index in [9.17, 15) is 13.6 Å². The third kappa shape index (κ3) is 4.62. The zero-order chi connectivity index (χ0) is 15.5. The molecule has 4 nitrogen and oxygen atoms in total. The summed E-state index contributed by atoms with van der Waals surface area (Å²) in [5.41, 5.74) is 2.57. The van der Waals surface area contributed by atoms with Gasteiger partial charge in [-0.05, 0) is 24.7 Å². The lowest BCUT2D eigenvalue weighted by Gasteiger charge is -2.12. The first-order chi connectivity index (χ1) is 9.87. The van der Waals surface area contributed by atoms with Crippen molar-refractivity contribution < 1.29 is 13.6 Å². The van der Waals surface area contributed by atoms with E-state index in [2.05, 4.69) is 15.6 Å². The van der Waals surface area contributed by atoms with Crippen molar-refractivity contribution in [3.63, 3.8) is 0 Å². The first-order valence-electron chi connectivity index (χ1n) is 7.23. The van der Waals surface area contributed by atoms with E-state index >= 15 is 0 Å². The Morgan fingerprint density at radius 2 is 2.33 bits per heavy atom. The lowest BCUT2D eigenvalue weighted by Crippen LogP contribution is -2.30. The zero-order valence-corrected chi connectivity index (χ0v) is 13.1. The lowest BCUT2D eigenvalue weighted by molar-refractivity contribution is 0.00478. The third-order valence-corrected chi connectivity index (χ3v) is 4.47. The van der Waals surface area contributed by atoms with E-state index in [0.717, 1.165) is 10.7 Å². The molecular weight excluding hydrogens is 296 g/mol. The molecule has 0 aromatic carbocycles. The highest BCUT2D eigenvalue weighted by Crippen LogP contribution is 2.40. The Morgan fingerprint density at radius 1 is 1.57 bits per heavy atom. The van der Waals surface area contributed by atoms with E-state index in [1.807, 2.05) is 13.8 Å². The molecule has 0 bridgehead atoms. The fourth-order valence-corrected chi connectivity index (χ4v) is 3.42. The summed E-state index contributed by atoms with van der Waals surface area (Å²) in [4.78, 5) is 16.0. The van der Waals surface area contributed by atoms with Gasteiger partial charge < -0.3 is 5.32 Å². The number of nitrogens with zero attached hydrogens (tertiary/aromatic N) is 1. The number of anilines is 1. The Labute approximate surface area is 127 Å². The minimum Gasteiger partial charge on any atom is -0.338 e. The van der Waals surface area contributed by atoms with Crippen molar-refractivity contribution in [2.24, 2.45) is 5.92 Å². The van der Waals surface area contributed by atoms with Crippen LogP contribution in [0, 0.1) is 5.92 Å². The van der Waals surface area contributed by atoms with Gasteiger partial charge in [0.2, 0.25) is 5.92 Å². The Balaban J connectivity index is 1.72. The minimum atomic E-state index is -2.51. The van der Waals surface area contributed by atoms with Crippen molar-refractivity contribution in [2.45, 2.75) is 51.4 Å². The maximum absolute atomic E-state index is 13.0. The molecular formula is C14H21F2N3OS. The molecule has 1 unspecified atom stereocenters. The number of urea groups is 1. The second-order valence-corrected chi connectivity index (χ2v) is 6.71. The average Bonchev–Trinajstić information content (AvgIpc) is 2.96. The van der Waals surface area contributed by atoms with Gasteiger partial charge in [-0.25, -0.2) is 18.6 Å². The molecule has 2 amide bonds. The first-order valence-corrected chi connectivity index (χ1v) is 8.11. The number of amides is 2. The summed E-state index contributed by atoms with van der Waals surface area (Å²) >= 11 is 1.38. The van der Waals surface area contributed by atoms with Crippen LogP contribution in [0.1, 0.15) is 51.1 Å². The van der Waals surface area contributed by atoms with E-state index in [1.54, 1.807) is 5.51 Å². The Kier molecular flexibility index (Phi) is 5.13. The quantitative estimate of drug-likeness (QED) is 0.854. The molecule has 1 saturated carbocycles. The standard InChI is InChI=1S/C14H21F2N3OS/c1-9(2)11-12(21-8-18-11)19-13(20)17-6-4-10-3-5-14(15,16)7-10/h8-10H,3-7H2,1-2H3,(H2,17,19,20). The fourth-order valence-electron chi connectivity index (χ4n) is 2.58. The van der Waals surface area contributed by atoms with Crippen molar-refractivity contribution in [3.05, 3.63) is 11.2 Å². The highest BCUT2D eigenvalue weighted by Gasteiger charge is 2.38. The van der Waals surface area contributed by atoms with Gasteiger partial charge in [0.05, 0.1) is 11.2 Å². The van der Waals surface area contributed by atoms with E-state index in [1.165, 1.54) is 11.3 Å². The maximum Gasteiger partial charge on any atom is 0.319 e. The van der Waals surface area contributed by atoms with Crippen LogP contribution in [0.3, 0.4) is 0 Å². The highest BCUT2D eigenvalue weighted by molar-refractivity contribution is 7.14. The molecule has 1 fully saturated rings. The molecule has 0 spiro atoms. The Bertz CT molecular complexity index is 490. The number of halogens is 2. The molecule has 1 aromatic rings. The molecule has 7 heteroatoms. The SMILES string of the molecule is CC(C)c1ncsc1NC(=O)NCCC1CCC(F)(F)C1. The molecule has 21 heavy (non-hydrogen) atoms. The molecule has 0 aliphatic heterocycles. The monoisotopic (exact) mass is 317 g/mol. The number of carbonyl (C=O) groups is 1. The lowest BCUT2D eigenvalue weighted by atomic mass is 10.0. The first kappa shape index (κ1) is 16.1. The van der Waals surface area contributed by atoms with Crippen LogP contribution in [0.25, 0.3) is 0 Å². The molecule has 0 saturated heterocycles. The van der Waals surface area contributed by atoms with Gasteiger partial charge in [0.15, 0.2) is 0 Å². The third-order valence-electron chi connectivity index (χ3n) is 3.71. The van der Waals surface area contributed by atoms with Crippen molar-refractivity contribution in [1.29, 1.82) is 0 Å². The number of nitrogens with one attached hydrogen (secondary N) is 2. The van der Waals surface area contributed by atoms with Gasteiger partial charge in [0, 0.05) is 19.4 Å². The maximum atomic E-state index is 13.0. The number of hydrogen-bond acceptors (Lipinski definition) is 3. The smallest absolute Gasteiger partial charge is 0.319 e. The Morgan fingerprint density at radius 3 is 2.95 bits per heavy atom. The molecule has 118 valence electrons. The predicted molar refractivity (Wildman–Crippen MR) is 80.1 cm³/mol. The van der Waals surface area contributed by atoms with Crippen LogP contribution >= 0.6 is 11.3 Å². The molecule has 1 atom stereocenters. The predicted octanol–water partition coefficient (Wildman–Crippen LogP) is 4.21. The molecule has 1 heterocycles. The fraction of sp³-hybridized carbons (Fsp3) is 0.714. The van der Waals surface area contributed by atoms with Gasteiger partial charge in [0.1, 0.15) is 5.00 Å². The average molecular weight is 317 g/mol. The van der Waals surface area contributed by atoms with Gasteiger partial charge in [-0.1, -0.05) is 13.8 Å². The molecule has 0 radical (unpaired) electrons. The summed E-state index contributed by atoms with van der Waals surface area (Å²) in [7, 11) is 0. The number of carbonyl (C=O) groups excluding carboxylic acids is 1. The zero-order valence-electron chi connectivity index (χ0n) is 12.3. The normalized spacial score (nSPS) is 20.7. The van der Waals surface area contributed by atoms with E-state index in [4.69, 9.17) is 0 Å². The van der Waals surface area contributed by atoms with Crippen LogP contribution in [0.5, 0.6) is 0 Å². The summed E-state index contributed by atoms with van der Waals surface area (Å²) in [6.45, 7) is 4.44. The van der Waals surface area contributed by atoms with E-state index < -0.39 is 5.92 Å². The second-order valence-electron chi connectivity index (χ2n) is 5.86. The molecule has 1 aliphatic rings. The molecule has 2 N–H and O–H groups in total. The summed E-state index contributed by atoms with van der Waals surface area (Å²) in [6, 6.07) is -0.300. The topological polar surface area (TPSA) is 54.0 Å². The van der Waals surface area contributed by atoms with Crippen molar-refractivity contribution in [1.82, 2.24) is 10.3 Å². The summed E-state index contributed by atoms with van der Waals surface area (Å²) in [5.74, 6) is -2.26. The van der Waals surface area contributed by atoms with Gasteiger partial charge in [-0.15, -0.1) is 11.3 Å². The summed E-state index contributed by atoms with van der Waals surface area (Å²) in [5, 5.41) is 6.24. The second kappa shape index (κ2) is 6.68. The number of hydrogen-bond donors (Lipinski definition) is 2. The highest BCUT2D eigenvalue weighted by atomic mass is 32.1. The largest absolute Gasteiger partial charge is 0.338 e. The van der Waals surface area contributed by atoms with Gasteiger partial charge >= 0.3 is 6.03 Å². The number of aromatic nitrogens is 1. The minimum absolute atomic E-state index is 0.00919.